The van der Waals surface area contributed by atoms with Crippen molar-refractivity contribution in [3.63, 3.8) is 0 Å². The summed E-state index contributed by atoms with van der Waals surface area (Å²) in [6.45, 7) is 4.88. The summed E-state index contributed by atoms with van der Waals surface area (Å²) in [5.74, 6) is 2.31. The molecule has 1 aliphatic rings. The molecule has 1 saturated heterocycles. The topological polar surface area (TPSA) is 58.2 Å². The van der Waals surface area contributed by atoms with Crippen molar-refractivity contribution in [3.8, 4) is 0 Å². The predicted molar refractivity (Wildman–Crippen MR) is 75.0 cm³/mol. The van der Waals surface area contributed by atoms with Crippen LogP contribution in [0.15, 0.2) is 0 Å². The smallest absolute Gasteiger partial charge is 0.211 e. The molecular weight excluding hydrogens is 256 g/mol. The van der Waals surface area contributed by atoms with Crippen LogP contribution in [0.1, 0.15) is 33.1 Å². The van der Waals surface area contributed by atoms with Crippen LogP contribution in [0.3, 0.4) is 0 Å². The molecule has 0 aromatic carbocycles. The van der Waals surface area contributed by atoms with Gasteiger partial charge in [-0.1, -0.05) is 13.8 Å². The van der Waals surface area contributed by atoms with Gasteiger partial charge in [0.15, 0.2) is 0 Å². The Hall–Kier alpha value is 0.220. The fraction of sp³-hybridized carbons (Fsp3) is 1.00. The van der Waals surface area contributed by atoms with Gasteiger partial charge in [-0.05, 0) is 31.6 Å². The Morgan fingerprint density at radius 1 is 1.41 bits per heavy atom. The normalized spacial score (nSPS) is 21.9. The van der Waals surface area contributed by atoms with E-state index in [9.17, 15) is 8.42 Å². The first-order valence-electron chi connectivity index (χ1n) is 6.31. The van der Waals surface area contributed by atoms with Crippen LogP contribution in [0.5, 0.6) is 0 Å². The van der Waals surface area contributed by atoms with E-state index in [-0.39, 0.29) is 11.8 Å². The Morgan fingerprint density at radius 3 is 2.76 bits per heavy atom. The van der Waals surface area contributed by atoms with Crippen molar-refractivity contribution < 1.29 is 8.42 Å². The number of thioether (sulfide) groups is 1. The third kappa shape index (κ3) is 7.28. The van der Waals surface area contributed by atoms with Gasteiger partial charge in [0.2, 0.25) is 10.0 Å². The molecule has 2 N–H and O–H groups in total. The Balaban J connectivity index is 2.20. The van der Waals surface area contributed by atoms with Crippen molar-refractivity contribution in [1.82, 2.24) is 10.0 Å². The first kappa shape index (κ1) is 15.3. The van der Waals surface area contributed by atoms with Gasteiger partial charge in [-0.25, -0.2) is 13.1 Å². The fourth-order valence-electron chi connectivity index (χ4n) is 1.80. The number of nitrogens with one attached hydrogen (secondary N) is 2. The zero-order valence-corrected chi connectivity index (χ0v) is 12.4. The summed E-state index contributed by atoms with van der Waals surface area (Å²) >= 11 is 1.84. The van der Waals surface area contributed by atoms with Gasteiger partial charge in [-0.2, -0.15) is 11.8 Å². The van der Waals surface area contributed by atoms with Crippen molar-refractivity contribution >= 4 is 21.8 Å². The van der Waals surface area contributed by atoms with Crippen LogP contribution in [0.2, 0.25) is 0 Å². The van der Waals surface area contributed by atoms with Crippen LogP contribution in [0.4, 0.5) is 0 Å². The van der Waals surface area contributed by atoms with E-state index < -0.39 is 10.0 Å². The summed E-state index contributed by atoms with van der Waals surface area (Å²) in [5.41, 5.74) is 0. The molecule has 1 atom stereocenters. The highest BCUT2D eigenvalue weighted by Crippen LogP contribution is 2.17. The summed E-state index contributed by atoms with van der Waals surface area (Å²) in [6, 6.07) is 0.567. The summed E-state index contributed by atoms with van der Waals surface area (Å²) < 4.78 is 26.4. The lowest BCUT2D eigenvalue weighted by molar-refractivity contribution is 0.535. The lowest BCUT2D eigenvalue weighted by atomic mass is 10.2. The van der Waals surface area contributed by atoms with E-state index in [0.29, 0.717) is 12.5 Å². The summed E-state index contributed by atoms with van der Waals surface area (Å²) in [6.07, 6.45) is 2.77. The molecule has 0 aromatic rings. The third-order valence-electron chi connectivity index (χ3n) is 2.65. The number of hydrogen-bond acceptors (Lipinski definition) is 4. The molecule has 0 aromatic heterocycles. The second-order valence-corrected chi connectivity index (χ2v) is 7.84. The van der Waals surface area contributed by atoms with E-state index in [2.05, 4.69) is 23.9 Å². The molecule has 4 nitrogen and oxygen atoms in total. The first-order valence-corrected chi connectivity index (χ1v) is 9.11. The van der Waals surface area contributed by atoms with Gasteiger partial charge < -0.3 is 5.32 Å². The van der Waals surface area contributed by atoms with Crippen molar-refractivity contribution in [2.45, 2.75) is 45.2 Å². The Morgan fingerprint density at radius 2 is 2.18 bits per heavy atom. The van der Waals surface area contributed by atoms with Crippen LogP contribution < -0.4 is 10.0 Å². The second kappa shape index (κ2) is 7.61. The SMILES string of the molecule is CC(C)NCCCS(=O)(=O)NC1CCCSC1. The van der Waals surface area contributed by atoms with Crippen molar-refractivity contribution in [3.05, 3.63) is 0 Å². The molecule has 0 bridgehead atoms. The van der Waals surface area contributed by atoms with Crippen LogP contribution in [-0.4, -0.2) is 44.3 Å². The summed E-state index contributed by atoms with van der Waals surface area (Å²) in [7, 11) is -3.08. The van der Waals surface area contributed by atoms with E-state index in [4.69, 9.17) is 0 Å². The highest BCUT2D eigenvalue weighted by atomic mass is 32.2. The maximum Gasteiger partial charge on any atom is 0.211 e. The Labute approximate surface area is 109 Å². The highest BCUT2D eigenvalue weighted by Gasteiger charge is 2.19. The highest BCUT2D eigenvalue weighted by molar-refractivity contribution is 7.99. The van der Waals surface area contributed by atoms with Gasteiger partial charge in [0.25, 0.3) is 0 Å². The molecule has 1 fully saturated rings. The standard InChI is InChI=1S/C11H24N2O2S2/c1-10(2)12-6-4-8-17(14,15)13-11-5-3-7-16-9-11/h10-13H,3-9H2,1-2H3. The largest absolute Gasteiger partial charge is 0.314 e. The Kier molecular flexibility index (Phi) is 6.84. The molecule has 1 aliphatic heterocycles. The molecule has 0 aliphatic carbocycles. The molecule has 0 saturated carbocycles. The second-order valence-electron chi connectivity index (χ2n) is 4.81. The van der Waals surface area contributed by atoms with Gasteiger partial charge in [-0.15, -0.1) is 0 Å². The Bertz CT molecular complexity index is 299. The number of rotatable bonds is 7. The maximum atomic E-state index is 11.8. The molecule has 0 amide bonds. The molecule has 0 radical (unpaired) electrons. The zero-order valence-electron chi connectivity index (χ0n) is 10.7. The van der Waals surface area contributed by atoms with E-state index in [1.807, 2.05) is 11.8 Å². The average Bonchev–Trinajstić information content (AvgIpc) is 2.25. The van der Waals surface area contributed by atoms with Gasteiger partial charge in [0, 0.05) is 17.8 Å². The van der Waals surface area contributed by atoms with Crippen molar-refractivity contribution in [1.29, 1.82) is 0 Å². The van der Waals surface area contributed by atoms with Gasteiger partial charge in [0.1, 0.15) is 0 Å². The minimum Gasteiger partial charge on any atom is -0.314 e. The molecule has 1 heterocycles. The quantitative estimate of drug-likeness (QED) is 0.688. The molecule has 0 spiro atoms. The maximum absolute atomic E-state index is 11.8. The van der Waals surface area contributed by atoms with E-state index in [1.165, 1.54) is 0 Å². The van der Waals surface area contributed by atoms with E-state index >= 15 is 0 Å². The summed E-state index contributed by atoms with van der Waals surface area (Å²) in [5, 5.41) is 3.23. The van der Waals surface area contributed by atoms with Crippen LogP contribution >= 0.6 is 11.8 Å². The predicted octanol–water partition coefficient (Wildman–Crippen LogP) is 1.19. The van der Waals surface area contributed by atoms with Crippen LogP contribution in [-0.2, 0) is 10.0 Å². The van der Waals surface area contributed by atoms with Gasteiger partial charge >= 0.3 is 0 Å². The monoisotopic (exact) mass is 280 g/mol. The average molecular weight is 280 g/mol. The molecule has 1 rings (SSSR count). The first-order chi connectivity index (χ1) is 7.99. The summed E-state index contributed by atoms with van der Waals surface area (Å²) in [4.78, 5) is 0. The molecule has 6 heteroatoms. The fourth-order valence-corrected chi connectivity index (χ4v) is 4.33. The van der Waals surface area contributed by atoms with E-state index in [0.717, 1.165) is 30.9 Å². The number of hydrogen-bond donors (Lipinski definition) is 2. The minimum atomic E-state index is -3.08. The lowest BCUT2D eigenvalue weighted by Crippen LogP contribution is -2.40. The lowest BCUT2D eigenvalue weighted by Gasteiger charge is -2.22. The number of sulfonamides is 1. The third-order valence-corrected chi connectivity index (χ3v) is 5.38. The van der Waals surface area contributed by atoms with Crippen LogP contribution in [0, 0.1) is 0 Å². The molecule has 1 unspecified atom stereocenters. The molecule has 17 heavy (non-hydrogen) atoms. The van der Waals surface area contributed by atoms with Crippen molar-refractivity contribution in [2.24, 2.45) is 0 Å². The van der Waals surface area contributed by atoms with Crippen molar-refractivity contribution in [2.75, 3.05) is 23.8 Å². The van der Waals surface area contributed by atoms with Gasteiger partial charge in [-0.3, -0.25) is 0 Å². The molecule has 102 valence electrons. The molecular formula is C11H24N2O2S2. The zero-order chi connectivity index (χ0) is 12.7. The van der Waals surface area contributed by atoms with Crippen LogP contribution in [0.25, 0.3) is 0 Å². The van der Waals surface area contributed by atoms with Gasteiger partial charge in [0.05, 0.1) is 5.75 Å². The van der Waals surface area contributed by atoms with E-state index in [1.54, 1.807) is 0 Å². The minimum absolute atomic E-state index is 0.150.